The summed E-state index contributed by atoms with van der Waals surface area (Å²) >= 11 is 2.72. The van der Waals surface area contributed by atoms with E-state index in [-0.39, 0.29) is 23.3 Å². The molecule has 1 N–H and O–H groups in total. The van der Waals surface area contributed by atoms with Gasteiger partial charge in [-0.15, -0.1) is 0 Å². The number of thiazole rings is 1. The molecule has 1 aromatic carbocycles. The second-order valence-electron chi connectivity index (χ2n) is 8.68. The van der Waals surface area contributed by atoms with E-state index in [1.807, 2.05) is 19.9 Å². The third-order valence-electron chi connectivity index (χ3n) is 6.03. The predicted octanol–water partition coefficient (Wildman–Crippen LogP) is 4.25. The van der Waals surface area contributed by atoms with Crippen molar-refractivity contribution >= 4 is 50.2 Å². The van der Waals surface area contributed by atoms with E-state index < -0.39 is 0 Å². The van der Waals surface area contributed by atoms with E-state index in [1.165, 1.54) is 40.6 Å². The lowest BCUT2D eigenvalue weighted by Gasteiger charge is -2.14. The zero-order chi connectivity index (χ0) is 22.2. The van der Waals surface area contributed by atoms with Gasteiger partial charge in [-0.05, 0) is 69.2 Å². The smallest absolute Gasteiger partial charge is 0.274 e. The molecule has 5 rings (SSSR count). The van der Waals surface area contributed by atoms with E-state index in [9.17, 15) is 9.59 Å². The van der Waals surface area contributed by atoms with Gasteiger partial charge < -0.3 is 10.2 Å². The van der Waals surface area contributed by atoms with Gasteiger partial charge in [0.15, 0.2) is 15.9 Å². The fraction of sp³-hybridized carbons (Fsp3) is 0.478. The summed E-state index contributed by atoms with van der Waals surface area (Å²) in [5.41, 5.74) is 3.95. The number of carbonyl (C=O) groups is 1. The second kappa shape index (κ2) is 8.86. The highest BCUT2D eigenvalue weighted by atomic mass is 32.2. The van der Waals surface area contributed by atoms with Crippen LogP contribution in [0.3, 0.4) is 0 Å². The van der Waals surface area contributed by atoms with Crippen molar-refractivity contribution in [3.8, 4) is 0 Å². The van der Waals surface area contributed by atoms with Gasteiger partial charge in [0.25, 0.3) is 5.56 Å². The molecular weight excluding hydrogens is 442 g/mol. The molecule has 1 aliphatic heterocycles. The standard InChI is InChI=1S/C23H27N5O2S2/c1-14(2)28-21(30)19-20(25-22(32-19)27-10-3-4-11-27)26-23(28)31-13-18(29)24-17-9-8-15-6-5-7-16(15)12-17/h8-9,12,14H,3-7,10-11,13H2,1-2H3,(H,24,29). The summed E-state index contributed by atoms with van der Waals surface area (Å²) in [5.74, 6) is 0.0823. The highest BCUT2D eigenvalue weighted by Gasteiger charge is 2.22. The summed E-state index contributed by atoms with van der Waals surface area (Å²) in [5, 5.41) is 4.40. The van der Waals surface area contributed by atoms with Crippen LogP contribution in [0.4, 0.5) is 10.8 Å². The average Bonchev–Trinajstić information content (AvgIpc) is 3.51. The Bertz CT molecular complexity index is 1230. The van der Waals surface area contributed by atoms with Crippen LogP contribution in [0.15, 0.2) is 28.2 Å². The number of thioether (sulfide) groups is 1. The minimum atomic E-state index is -0.103. The van der Waals surface area contributed by atoms with Gasteiger partial charge in [-0.2, -0.15) is 4.98 Å². The first-order valence-corrected chi connectivity index (χ1v) is 13.0. The van der Waals surface area contributed by atoms with E-state index in [4.69, 9.17) is 4.98 Å². The van der Waals surface area contributed by atoms with Crippen LogP contribution >= 0.6 is 23.1 Å². The first-order valence-electron chi connectivity index (χ1n) is 11.2. The average molecular weight is 470 g/mol. The molecule has 1 fully saturated rings. The van der Waals surface area contributed by atoms with Gasteiger partial charge in [-0.3, -0.25) is 14.2 Å². The third-order valence-corrected chi connectivity index (χ3v) is 8.07. The predicted molar refractivity (Wildman–Crippen MR) is 131 cm³/mol. The summed E-state index contributed by atoms with van der Waals surface area (Å²) in [7, 11) is 0. The highest BCUT2D eigenvalue weighted by molar-refractivity contribution is 7.99. The molecule has 0 bridgehead atoms. The Balaban J connectivity index is 1.36. The number of aryl methyl sites for hydroxylation is 2. The number of hydrogen-bond acceptors (Lipinski definition) is 7. The van der Waals surface area contributed by atoms with Crippen LogP contribution in [0.5, 0.6) is 0 Å². The molecule has 32 heavy (non-hydrogen) atoms. The van der Waals surface area contributed by atoms with E-state index in [2.05, 4.69) is 27.3 Å². The Kier molecular flexibility index (Phi) is 5.94. The van der Waals surface area contributed by atoms with Crippen molar-refractivity contribution in [1.82, 2.24) is 14.5 Å². The lowest BCUT2D eigenvalue weighted by Crippen LogP contribution is -2.25. The van der Waals surface area contributed by atoms with Crippen LogP contribution in [0, 0.1) is 0 Å². The zero-order valence-electron chi connectivity index (χ0n) is 18.4. The lowest BCUT2D eigenvalue weighted by molar-refractivity contribution is -0.113. The quantitative estimate of drug-likeness (QED) is 0.429. The summed E-state index contributed by atoms with van der Waals surface area (Å²) < 4.78 is 2.27. The zero-order valence-corrected chi connectivity index (χ0v) is 20.0. The normalized spacial score (nSPS) is 15.7. The maximum absolute atomic E-state index is 13.2. The Morgan fingerprint density at radius 2 is 1.94 bits per heavy atom. The molecule has 0 saturated carbocycles. The maximum Gasteiger partial charge on any atom is 0.274 e. The molecule has 168 valence electrons. The molecular formula is C23H27N5O2S2. The molecule has 2 aliphatic rings. The summed E-state index contributed by atoms with van der Waals surface area (Å²) in [6.07, 6.45) is 5.68. The first kappa shape index (κ1) is 21.5. The third kappa shape index (κ3) is 4.15. The molecule has 0 spiro atoms. The molecule has 9 heteroatoms. The van der Waals surface area contributed by atoms with Gasteiger partial charge in [-0.25, -0.2) is 4.98 Å². The molecule has 3 heterocycles. The van der Waals surface area contributed by atoms with Crippen molar-refractivity contribution in [3.05, 3.63) is 39.7 Å². The van der Waals surface area contributed by atoms with Crippen molar-refractivity contribution in [2.24, 2.45) is 0 Å². The minimum Gasteiger partial charge on any atom is -0.348 e. The number of anilines is 2. The Hall–Kier alpha value is -2.39. The Morgan fingerprint density at radius 3 is 2.72 bits per heavy atom. The molecule has 3 aromatic rings. The lowest BCUT2D eigenvalue weighted by atomic mass is 10.1. The van der Waals surface area contributed by atoms with E-state index >= 15 is 0 Å². The molecule has 1 aliphatic carbocycles. The number of benzene rings is 1. The van der Waals surface area contributed by atoms with E-state index in [1.54, 1.807) is 4.57 Å². The van der Waals surface area contributed by atoms with Crippen LogP contribution in [0.25, 0.3) is 10.3 Å². The van der Waals surface area contributed by atoms with Gasteiger partial charge >= 0.3 is 0 Å². The van der Waals surface area contributed by atoms with Crippen LogP contribution in [0.2, 0.25) is 0 Å². The van der Waals surface area contributed by atoms with E-state index in [0.717, 1.165) is 49.6 Å². The molecule has 0 radical (unpaired) electrons. The van der Waals surface area contributed by atoms with Gasteiger partial charge in [0.2, 0.25) is 5.91 Å². The summed E-state index contributed by atoms with van der Waals surface area (Å²) in [6.45, 7) is 5.88. The van der Waals surface area contributed by atoms with Crippen molar-refractivity contribution in [3.63, 3.8) is 0 Å². The topological polar surface area (TPSA) is 80.1 Å². The number of nitrogens with zero attached hydrogens (tertiary/aromatic N) is 4. The maximum atomic E-state index is 13.2. The fourth-order valence-electron chi connectivity index (χ4n) is 4.43. The van der Waals surface area contributed by atoms with Gasteiger partial charge in [-0.1, -0.05) is 29.2 Å². The number of nitrogens with one attached hydrogen (secondary N) is 1. The van der Waals surface area contributed by atoms with Crippen molar-refractivity contribution in [2.45, 2.75) is 57.1 Å². The first-order chi connectivity index (χ1) is 15.5. The number of aromatic nitrogens is 3. The van der Waals surface area contributed by atoms with Crippen molar-refractivity contribution < 1.29 is 4.79 Å². The van der Waals surface area contributed by atoms with E-state index in [0.29, 0.717) is 15.5 Å². The van der Waals surface area contributed by atoms with Crippen LogP contribution in [-0.2, 0) is 17.6 Å². The molecule has 7 nitrogen and oxygen atoms in total. The summed E-state index contributed by atoms with van der Waals surface area (Å²) in [6, 6.07) is 6.10. The number of rotatable bonds is 6. The fourth-order valence-corrected chi connectivity index (χ4v) is 6.35. The number of amides is 1. The van der Waals surface area contributed by atoms with Gasteiger partial charge in [0.1, 0.15) is 4.70 Å². The number of carbonyl (C=O) groups excluding carboxylic acids is 1. The second-order valence-corrected chi connectivity index (χ2v) is 10.6. The number of hydrogen-bond donors (Lipinski definition) is 1. The van der Waals surface area contributed by atoms with Crippen LogP contribution < -0.4 is 15.8 Å². The van der Waals surface area contributed by atoms with Gasteiger partial charge in [0.05, 0.1) is 5.75 Å². The Labute approximate surface area is 195 Å². The van der Waals surface area contributed by atoms with Crippen LogP contribution in [0.1, 0.15) is 50.3 Å². The van der Waals surface area contributed by atoms with Crippen LogP contribution in [-0.4, -0.2) is 39.3 Å². The number of fused-ring (bicyclic) bond motifs is 2. The van der Waals surface area contributed by atoms with Crippen molar-refractivity contribution in [1.29, 1.82) is 0 Å². The van der Waals surface area contributed by atoms with Gasteiger partial charge in [0, 0.05) is 24.8 Å². The molecule has 0 unspecified atom stereocenters. The Morgan fingerprint density at radius 1 is 1.16 bits per heavy atom. The van der Waals surface area contributed by atoms with Crippen molar-refractivity contribution in [2.75, 3.05) is 29.1 Å². The monoisotopic (exact) mass is 469 g/mol. The summed E-state index contributed by atoms with van der Waals surface area (Å²) in [4.78, 5) is 37.4. The molecule has 1 saturated heterocycles. The molecule has 1 amide bonds. The minimum absolute atomic E-state index is 0.0565. The molecule has 0 atom stereocenters. The molecule has 2 aromatic heterocycles. The largest absolute Gasteiger partial charge is 0.348 e. The SMILES string of the molecule is CC(C)n1c(SCC(=O)Nc2ccc3c(c2)CCC3)nc2nc(N3CCCC3)sc2c1=O. The highest BCUT2D eigenvalue weighted by Crippen LogP contribution is 2.30.